The zero-order chi connectivity index (χ0) is 22.8. The molecule has 172 valence electrons. The van der Waals surface area contributed by atoms with Gasteiger partial charge in [-0.25, -0.2) is 9.97 Å². The van der Waals surface area contributed by atoms with Gasteiger partial charge in [0.15, 0.2) is 5.16 Å². The van der Waals surface area contributed by atoms with Crippen LogP contribution in [-0.2, 0) is 4.79 Å². The van der Waals surface area contributed by atoms with Crippen molar-refractivity contribution < 1.29 is 4.79 Å². The fourth-order valence-corrected chi connectivity index (χ4v) is 4.73. The van der Waals surface area contributed by atoms with Crippen molar-refractivity contribution in [1.29, 1.82) is 0 Å². The van der Waals surface area contributed by atoms with E-state index in [9.17, 15) is 4.79 Å². The largest absolute Gasteiger partial charge is 0.353 e. The number of carbonyl (C=O) groups excluding carboxylic acids is 1. The molecule has 0 radical (unpaired) electrons. The Bertz CT molecular complexity index is 1090. The molecule has 2 aromatic heterocycles. The van der Waals surface area contributed by atoms with Crippen LogP contribution < -0.4 is 20.9 Å². The number of hydrogen-bond acceptors (Lipinski definition) is 8. The van der Waals surface area contributed by atoms with E-state index in [4.69, 9.17) is 9.97 Å². The Morgan fingerprint density at radius 2 is 1.85 bits per heavy atom. The van der Waals surface area contributed by atoms with E-state index in [1.807, 2.05) is 36.4 Å². The zero-order valence-corrected chi connectivity index (χ0v) is 19.5. The first-order valence-electron chi connectivity index (χ1n) is 11.3. The Labute approximate surface area is 197 Å². The van der Waals surface area contributed by atoms with Gasteiger partial charge in [0, 0.05) is 53.8 Å². The number of amides is 1. The number of aromatic nitrogens is 4. The lowest BCUT2D eigenvalue weighted by Gasteiger charge is -2.37. The minimum atomic E-state index is 0.112. The van der Waals surface area contributed by atoms with E-state index in [1.54, 1.807) is 6.20 Å². The van der Waals surface area contributed by atoms with Crippen LogP contribution in [0.3, 0.4) is 0 Å². The number of benzene rings is 1. The number of hydrogen-bond donors (Lipinski definition) is 4. The van der Waals surface area contributed by atoms with Crippen LogP contribution in [0.15, 0.2) is 52.6 Å². The molecule has 0 spiro atoms. The van der Waals surface area contributed by atoms with Crippen molar-refractivity contribution >= 4 is 40.8 Å². The first-order chi connectivity index (χ1) is 16.0. The van der Waals surface area contributed by atoms with Crippen molar-refractivity contribution in [3.05, 3.63) is 42.6 Å². The lowest BCUT2D eigenvalue weighted by molar-refractivity contribution is -0.117. The van der Waals surface area contributed by atoms with E-state index in [0.29, 0.717) is 23.1 Å². The normalized spacial score (nSPS) is 20.5. The van der Waals surface area contributed by atoms with Gasteiger partial charge in [0.1, 0.15) is 17.5 Å². The summed E-state index contributed by atoms with van der Waals surface area (Å²) in [5.41, 5.74) is 0.816. The summed E-state index contributed by atoms with van der Waals surface area (Å²) < 4.78 is 0. The van der Waals surface area contributed by atoms with E-state index < -0.39 is 0 Å². The quantitative estimate of drug-likeness (QED) is 0.392. The van der Waals surface area contributed by atoms with Crippen molar-refractivity contribution in [2.45, 2.75) is 48.8 Å². The molecule has 3 aromatic rings. The second-order valence-electron chi connectivity index (χ2n) is 8.75. The van der Waals surface area contributed by atoms with E-state index >= 15 is 0 Å². The number of piperazine rings is 1. The number of aromatic amines is 1. The highest BCUT2D eigenvalue weighted by Gasteiger charge is 2.29. The Hall–Kier alpha value is -3.11. The smallest absolute Gasteiger partial charge is 0.227 e. The fourth-order valence-electron chi connectivity index (χ4n) is 3.96. The molecule has 9 nitrogen and oxygen atoms in total. The molecule has 1 amide bonds. The minimum Gasteiger partial charge on any atom is -0.353 e. The summed E-state index contributed by atoms with van der Waals surface area (Å²) in [6.07, 6.45) is 3.68. The average Bonchev–Trinajstić information content (AvgIpc) is 3.52. The maximum absolute atomic E-state index is 12.0. The van der Waals surface area contributed by atoms with Gasteiger partial charge in [0.05, 0.1) is 6.20 Å². The van der Waals surface area contributed by atoms with E-state index in [1.165, 1.54) is 11.8 Å². The Morgan fingerprint density at radius 3 is 2.52 bits per heavy atom. The molecule has 1 aliphatic carbocycles. The fraction of sp³-hybridized carbons (Fsp3) is 0.391. The first-order valence-corrected chi connectivity index (χ1v) is 12.1. The van der Waals surface area contributed by atoms with Gasteiger partial charge in [-0.15, -0.1) is 0 Å². The highest BCUT2D eigenvalue weighted by molar-refractivity contribution is 7.99. The molecule has 1 saturated heterocycles. The maximum atomic E-state index is 12.0. The van der Waals surface area contributed by atoms with E-state index in [0.717, 1.165) is 48.1 Å². The minimum absolute atomic E-state index is 0.112. The van der Waals surface area contributed by atoms with Gasteiger partial charge < -0.3 is 20.9 Å². The molecule has 0 bridgehead atoms. The third kappa shape index (κ3) is 5.63. The topological polar surface area (TPSA) is 111 Å². The summed E-state index contributed by atoms with van der Waals surface area (Å²) in [5, 5.41) is 17.4. The number of anilines is 4. The van der Waals surface area contributed by atoms with Gasteiger partial charge in [-0.05, 0) is 62.7 Å². The Morgan fingerprint density at radius 1 is 1.09 bits per heavy atom. The van der Waals surface area contributed by atoms with Gasteiger partial charge in [0.25, 0.3) is 0 Å². The lowest BCUT2D eigenvalue weighted by Crippen LogP contribution is -2.54. The third-order valence-corrected chi connectivity index (χ3v) is 6.49. The van der Waals surface area contributed by atoms with E-state index in [2.05, 4.69) is 44.9 Å². The van der Waals surface area contributed by atoms with Gasteiger partial charge in [-0.3, -0.25) is 9.89 Å². The van der Waals surface area contributed by atoms with Crippen molar-refractivity contribution in [2.75, 3.05) is 28.6 Å². The molecule has 2 atom stereocenters. The van der Waals surface area contributed by atoms with Crippen LogP contribution >= 0.6 is 11.8 Å². The van der Waals surface area contributed by atoms with Crippen molar-refractivity contribution in [3.63, 3.8) is 0 Å². The molecule has 1 aromatic carbocycles. The van der Waals surface area contributed by atoms with Crippen LogP contribution in [0, 0.1) is 5.92 Å². The van der Waals surface area contributed by atoms with E-state index in [-0.39, 0.29) is 11.8 Å². The number of nitrogens with one attached hydrogen (secondary N) is 4. The molecule has 2 fully saturated rings. The predicted molar refractivity (Wildman–Crippen MR) is 130 cm³/mol. The van der Waals surface area contributed by atoms with Crippen LogP contribution in [0.2, 0.25) is 0 Å². The first kappa shape index (κ1) is 21.7. The van der Waals surface area contributed by atoms with Crippen molar-refractivity contribution in [2.24, 2.45) is 5.92 Å². The number of H-pyrrole nitrogens is 1. The second kappa shape index (κ2) is 9.40. The summed E-state index contributed by atoms with van der Waals surface area (Å²) in [6.45, 7) is 6.13. The second-order valence-corrected chi connectivity index (χ2v) is 9.79. The molecule has 4 N–H and O–H groups in total. The monoisotopic (exact) mass is 464 g/mol. The summed E-state index contributed by atoms with van der Waals surface area (Å²) >= 11 is 1.50. The summed E-state index contributed by atoms with van der Waals surface area (Å²) in [4.78, 5) is 24.9. The molecular formula is C23H28N8OS. The van der Waals surface area contributed by atoms with Gasteiger partial charge in [-0.1, -0.05) is 0 Å². The zero-order valence-electron chi connectivity index (χ0n) is 18.7. The molecule has 2 aliphatic rings. The predicted octanol–water partition coefficient (Wildman–Crippen LogP) is 3.63. The number of rotatable bonds is 7. The van der Waals surface area contributed by atoms with Gasteiger partial charge in [-0.2, -0.15) is 5.10 Å². The number of nitrogens with zero attached hydrogens (tertiary/aromatic N) is 4. The summed E-state index contributed by atoms with van der Waals surface area (Å²) in [5.74, 6) is 2.67. The molecule has 2 unspecified atom stereocenters. The highest BCUT2D eigenvalue weighted by Crippen LogP contribution is 2.32. The van der Waals surface area contributed by atoms with Crippen LogP contribution in [0.4, 0.5) is 23.1 Å². The van der Waals surface area contributed by atoms with Crippen LogP contribution in [-0.4, -0.2) is 51.2 Å². The maximum Gasteiger partial charge on any atom is 0.227 e. The molecule has 5 rings (SSSR count). The van der Waals surface area contributed by atoms with Crippen LogP contribution in [0.5, 0.6) is 0 Å². The molecule has 1 saturated carbocycles. The Kier molecular flexibility index (Phi) is 6.19. The standard InChI is InChI=1S/C23H28N8OS/c1-14-12-31(13-15(2)25-14)21-11-20(27-19-9-10-24-30-19)28-23(29-21)33-18-7-5-17(6-8-18)26-22(32)16-3-4-16/h5-11,14-16,25H,3-4,12-13H2,1-2H3,(H,26,32)(H2,24,27,28,29,30). The van der Waals surface area contributed by atoms with Crippen molar-refractivity contribution in [1.82, 2.24) is 25.5 Å². The molecular weight excluding hydrogens is 436 g/mol. The Balaban J connectivity index is 1.36. The third-order valence-electron chi connectivity index (χ3n) is 5.62. The van der Waals surface area contributed by atoms with Crippen molar-refractivity contribution in [3.8, 4) is 0 Å². The number of carbonyl (C=O) groups is 1. The summed E-state index contributed by atoms with van der Waals surface area (Å²) in [6, 6.07) is 12.4. The highest BCUT2D eigenvalue weighted by atomic mass is 32.2. The summed E-state index contributed by atoms with van der Waals surface area (Å²) in [7, 11) is 0. The molecule has 33 heavy (non-hydrogen) atoms. The molecule has 10 heteroatoms. The SMILES string of the molecule is CC1CN(c2cc(Nc3ccn[nH]3)nc(Sc3ccc(NC(=O)C4CC4)cc3)n2)CC(C)N1. The van der Waals surface area contributed by atoms with Gasteiger partial charge >= 0.3 is 0 Å². The average molecular weight is 465 g/mol. The van der Waals surface area contributed by atoms with Gasteiger partial charge in [0.2, 0.25) is 5.91 Å². The van der Waals surface area contributed by atoms with Crippen LogP contribution in [0.1, 0.15) is 26.7 Å². The lowest BCUT2D eigenvalue weighted by atomic mass is 10.1. The molecule has 3 heterocycles. The molecule has 1 aliphatic heterocycles. The van der Waals surface area contributed by atoms with Crippen LogP contribution in [0.25, 0.3) is 0 Å².